The molecule has 0 aliphatic heterocycles. The van der Waals surface area contributed by atoms with Gasteiger partial charge in [-0.15, -0.1) is 0 Å². The van der Waals surface area contributed by atoms with Crippen LogP contribution in [0.2, 0.25) is 0 Å². The van der Waals surface area contributed by atoms with Crippen molar-refractivity contribution in [2.45, 2.75) is 11.1 Å². The molecule has 0 spiro atoms. The average Bonchev–Trinajstić information content (AvgIpc) is 3.48. The molecule has 34 heavy (non-hydrogen) atoms. The van der Waals surface area contributed by atoms with Gasteiger partial charge < -0.3 is 4.98 Å². The zero-order valence-corrected chi connectivity index (χ0v) is 18.7. The highest BCUT2D eigenvalue weighted by atomic mass is 32.2. The second kappa shape index (κ2) is 8.22. The number of anilines is 1. The molecule has 3 heterocycles. The average molecular weight is 502 g/mol. The summed E-state index contributed by atoms with van der Waals surface area (Å²) in [6, 6.07) is 11.5. The van der Waals surface area contributed by atoms with Gasteiger partial charge in [0.15, 0.2) is 0 Å². The second-order valence-corrected chi connectivity index (χ2v) is 9.76. The summed E-state index contributed by atoms with van der Waals surface area (Å²) in [5, 5.41) is 0.703. The van der Waals surface area contributed by atoms with Crippen LogP contribution in [0.5, 0.6) is 0 Å². The minimum atomic E-state index is -4.54. The Hall–Kier alpha value is -3.77. The Kier molecular flexibility index (Phi) is 5.33. The number of halogens is 3. The first-order valence-electron chi connectivity index (χ1n) is 9.74. The van der Waals surface area contributed by atoms with Crippen LogP contribution in [0, 0.1) is 0 Å². The van der Waals surface area contributed by atoms with Gasteiger partial charge >= 0.3 is 6.18 Å². The summed E-state index contributed by atoms with van der Waals surface area (Å²) in [5.74, 6) is 0. The lowest BCUT2D eigenvalue weighted by Crippen LogP contribution is -2.12. The Morgan fingerprint density at radius 2 is 1.71 bits per heavy atom. The van der Waals surface area contributed by atoms with E-state index >= 15 is 0 Å². The van der Waals surface area contributed by atoms with E-state index in [0.29, 0.717) is 33.2 Å². The summed E-state index contributed by atoms with van der Waals surface area (Å²) in [6.45, 7) is 0. The number of nitrogens with one attached hydrogen (secondary N) is 2. The van der Waals surface area contributed by atoms with Crippen molar-refractivity contribution >= 4 is 37.6 Å². The Labute approximate surface area is 195 Å². The highest BCUT2D eigenvalue weighted by Crippen LogP contribution is 2.38. The van der Waals surface area contributed by atoms with Gasteiger partial charge in [-0.2, -0.15) is 17.5 Å². The number of aromatic amines is 1. The van der Waals surface area contributed by atoms with Crippen molar-refractivity contribution in [3.05, 3.63) is 79.0 Å². The number of aromatic nitrogens is 4. The second-order valence-electron chi connectivity index (χ2n) is 7.29. The third kappa shape index (κ3) is 4.24. The molecule has 0 aliphatic rings. The number of pyridine rings is 1. The lowest BCUT2D eigenvalue weighted by atomic mass is 9.96. The summed E-state index contributed by atoms with van der Waals surface area (Å²) in [4.78, 5) is 10.7. The first-order chi connectivity index (χ1) is 16.2. The fourth-order valence-electron chi connectivity index (χ4n) is 3.56. The van der Waals surface area contributed by atoms with E-state index in [2.05, 4.69) is 24.0 Å². The predicted molar refractivity (Wildman–Crippen MR) is 123 cm³/mol. The van der Waals surface area contributed by atoms with E-state index in [-0.39, 0.29) is 10.0 Å². The van der Waals surface area contributed by atoms with Gasteiger partial charge in [-0.25, -0.2) is 13.4 Å². The highest BCUT2D eigenvalue weighted by molar-refractivity contribution is 7.93. The highest BCUT2D eigenvalue weighted by Gasteiger charge is 2.31. The Balaban J connectivity index is 1.59. The maximum absolute atomic E-state index is 13.7. The van der Waals surface area contributed by atoms with Crippen LogP contribution in [0.1, 0.15) is 5.56 Å². The molecule has 5 aromatic rings. The number of nitrogens with zero attached hydrogens (tertiary/aromatic N) is 3. The third-order valence-electron chi connectivity index (χ3n) is 5.13. The SMILES string of the molecule is O=S(=O)(Nc1ncns1)c1ccc2c(-c3cc(-c4ccncc4)cc(C(F)(F)F)c3)c[nH]c2c1. The van der Waals surface area contributed by atoms with Crippen LogP contribution >= 0.6 is 11.5 Å². The number of alkyl halides is 3. The number of benzene rings is 2. The molecular weight excluding hydrogens is 487 g/mol. The van der Waals surface area contributed by atoms with Gasteiger partial charge in [0.2, 0.25) is 5.13 Å². The zero-order valence-electron chi connectivity index (χ0n) is 17.0. The van der Waals surface area contributed by atoms with Crippen molar-refractivity contribution in [1.29, 1.82) is 0 Å². The number of sulfonamides is 1. The summed E-state index contributed by atoms with van der Waals surface area (Å²) in [7, 11) is -3.92. The quantitative estimate of drug-likeness (QED) is 0.328. The summed E-state index contributed by atoms with van der Waals surface area (Å²) in [5.41, 5.74) is 1.51. The minimum Gasteiger partial charge on any atom is -0.361 e. The molecule has 3 aromatic heterocycles. The molecule has 2 N–H and O–H groups in total. The molecule has 0 unspecified atom stereocenters. The molecule has 0 radical (unpaired) electrons. The molecule has 0 fully saturated rings. The van der Waals surface area contributed by atoms with E-state index in [0.717, 1.165) is 23.7 Å². The van der Waals surface area contributed by atoms with Crippen LogP contribution in [-0.2, 0) is 16.2 Å². The van der Waals surface area contributed by atoms with Crippen LogP contribution in [0.4, 0.5) is 18.3 Å². The maximum atomic E-state index is 13.7. The molecule has 5 rings (SSSR count). The Bertz CT molecular complexity index is 1580. The van der Waals surface area contributed by atoms with Gasteiger partial charge in [0.25, 0.3) is 10.0 Å². The molecule has 0 amide bonds. The standard InChI is InChI=1S/C22H14F3N5O2S2/c23-22(24,25)16-8-14(13-3-5-26-6-4-13)7-15(9-16)19-11-27-20-10-17(1-2-18(19)20)34(31,32)30-21-28-12-29-33-21/h1-12,27H,(H,28,29,30). The van der Waals surface area contributed by atoms with Crippen molar-refractivity contribution in [2.75, 3.05) is 4.72 Å². The smallest absolute Gasteiger partial charge is 0.361 e. The van der Waals surface area contributed by atoms with Crippen LogP contribution in [0.3, 0.4) is 0 Å². The fourth-order valence-corrected chi connectivity index (χ4v) is 5.25. The molecule has 0 atom stereocenters. The van der Waals surface area contributed by atoms with Crippen LogP contribution in [-0.4, -0.2) is 27.7 Å². The molecule has 0 bridgehead atoms. The van der Waals surface area contributed by atoms with Crippen LogP contribution < -0.4 is 4.72 Å². The van der Waals surface area contributed by atoms with E-state index < -0.39 is 21.8 Å². The first kappa shape index (κ1) is 22.0. The van der Waals surface area contributed by atoms with E-state index in [1.807, 2.05) is 0 Å². The van der Waals surface area contributed by atoms with Crippen molar-refractivity contribution in [3.8, 4) is 22.3 Å². The summed E-state index contributed by atoms with van der Waals surface area (Å²) >= 11 is 0.897. The van der Waals surface area contributed by atoms with E-state index in [1.54, 1.807) is 30.5 Å². The third-order valence-corrected chi connectivity index (χ3v) is 7.18. The van der Waals surface area contributed by atoms with Crippen LogP contribution in [0.25, 0.3) is 33.2 Å². The first-order valence-corrected chi connectivity index (χ1v) is 12.0. The molecule has 2 aromatic carbocycles. The van der Waals surface area contributed by atoms with Gasteiger partial charge in [0, 0.05) is 46.6 Å². The van der Waals surface area contributed by atoms with E-state index in [9.17, 15) is 21.6 Å². The Morgan fingerprint density at radius 1 is 0.941 bits per heavy atom. The molecule has 172 valence electrons. The van der Waals surface area contributed by atoms with E-state index in [4.69, 9.17) is 0 Å². The zero-order chi connectivity index (χ0) is 23.9. The number of H-pyrrole nitrogens is 1. The van der Waals surface area contributed by atoms with Crippen molar-refractivity contribution < 1.29 is 21.6 Å². The van der Waals surface area contributed by atoms with Gasteiger partial charge in [0.1, 0.15) is 6.33 Å². The lowest BCUT2D eigenvalue weighted by Gasteiger charge is -2.12. The molecule has 12 heteroatoms. The van der Waals surface area contributed by atoms with Gasteiger partial charge in [0.05, 0.1) is 10.5 Å². The van der Waals surface area contributed by atoms with Crippen molar-refractivity contribution in [3.63, 3.8) is 0 Å². The normalized spacial score (nSPS) is 12.2. The maximum Gasteiger partial charge on any atom is 0.416 e. The lowest BCUT2D eigenvalue weighted by molar-refractivity contribution is -0.137. The summed E-state index contributed by atoms with van der Waals surface area (Å²) in [6.07, 6.45) is 1.28. The molecule has 0 saturated carbocycles. The fraction of sp³-hybridized carbons (Fsp3) is 0.0455. The molecular formula is C22H14F3N5O2S2. The molecule has 0 saturated heterocycles. The largest absolute Gasteiger partial charge is 0.416 e. The summed E-state index contributed by atoms with van der Waals surface area (Å²) < 4.78 is 72.4. The number of rotatable bonds is 5. The van der Waals surface area contributed by atoms with Crippen molar-refractivity contribution in [1.82, 2.24) is 19.3 Å². The Morgan fingerprint density at radius 3 is 2.41 bits per heavy atom. The topological polar surface area (TPSA) is 101 Å². The predicted octanol–water partition coefficient (Wildman–Crippen LogP) is 5.57. The number of hydrogen-bond acceptors (Lipinski definition) is 6. The number of hydrogen-bond donors (Lipinski definition) is 2. The minimum absolute atomic E-state index is 0.0230. The number of fused-ring (bicyclic) bond motifs is 1. The van der Waals surface area contributed by atoms with Crippen LogP contribution in [0.15, 0.2) is 78.3 Å². The van der Waals surface area contributed by atoms with Gasteiger partial charge in [-0.3, -0.25) is 9.71 Å². The van der Waals surface area contributed by atoms with Gasteiger partial charge in [-0.05, 0) is 59.2 Å². The molecule has 7 nitrogen and oxygen atoms in total. The van der Waals surface area contributed by atoms with Crippen molar-refractivity contribution in [2.24, 2.45) is 0 Å². The monoisotopic (exact) mass is 501 g/mol. The van der Waals surface area contributed by atoms with Gasteiger partial charge in [-0.1, -0.05) is 6.07 Å². The van der Waals surface area contributed by atoms with E-state index in [1.165, 1.54) is 30.9 Å². The molecule has 0 aliphatic carbocycles.